The van der Waals surface area contributed by atoms with Crippen molar-refractivity contribution in [2.75, 3.05) is 4.90 Å². The quantitative estimate of drug-likeness (QED) is 0.177. The van der Waals surface area contributed by atoms with Crippen molar-refractivity contribution < 1.29 is 16.8 Å². The van der Waals surface area contributed by atoms with Gasteiger partial charge < -0.3 is 4.90 Å². The van der Waals surface area contributed by atoms with Crippen molar-refractivity contribution in [1.29, 1.82) is 0 Å². The van der Waals surface area contributed by atoms with Gasteiger partial charge in [0.2, 0.25) is 19.7 Å². The minimum Gasteiger partial charge on any atom is -0.308 e. The molecule has 0 N–H and O–H groups in total. The van der Waals surface area contributed by atoms with Crippen LogP contribution in [0, 0.1) is 0 Å². The Kier molecular flexibility index (Phi) is 7.87. The molecular weight excluding hydrogens is 675 g/mol. The van der Waals surface area contributed by atoms with Gasteiger partial charge in [0.05, 0.1) is 25.3 Å². The number of benzene rings is 7. The van der Waals surface area contributed by atoms with E-state index >= 15 is 0 Å². The first-order valence-electron chi connectivity index (χ1n) is 16.2. The van der Waals surface area contributed by atoms with Crippen molar-refractivity contribution in [2.45, 2.75) is 19.6 Å². The van der Waals surface area contributed by atoms with E-state index in [1.807, 2.05) is 53.4 Å². The molecule has 0 aliphatic carbocycles. The smallest absolute Gasteiger partial charge is 0.208 e. The molecule has 1 aliphatic heterocycles. The van der Waals surface area contributed by atoms with E-state index in [-0.39, 0.29) is 25.3 Å². The summed E-state index contributed by atoms with van der Waals surface area (Å²) in [5.74, 6) is 0. The Balaban J connectivity index is 1.53. The molecule has 7 aromatic carbocycles. The van der Waals surface area contributed by atoms with Gasteiger partial charge in [0.1, 0.15) is 0 Å². The molecule has 0 fully saturated rings. The van der Waals surface area contributed by atoms with E-state index in [0.717, 1.165) is 32.1 Å². The van der Waals surface area contributed by atoms with Gasteiger partial charge in [0.15, 0.2) is 8.07 Å². The molecule has 7 aromatic rings. The van der Waals surface area contributed by atoms with E-state index in [0.29, 0.717) is 0 Å². The third-order valence-corrected chi connectivity index (χ3v) is 17.8. The van der Waals surface area contributed by atoms with Crippen LogP contribution in [0.15, 0.2) is 208 Å². The molecule has 50 heavy (non-hydrogen) atoms. The molecule has 0 amide bonds. The molecule has 0 saturated carbocycles. The minimum atomic E-state index is -4.22. The molecule has 0 aromatic heterocycles. The number of para-hydroxylation sites is 3. The average molecular weight is 706 g/mol. The first kappa shape index (κ1) is 31.7. The predicted molar refractivity (Wildman–Crippen MR) is 202 cm³/mol. The van der Waals surface area contributed by atoms with E-state index in [1.165, 1.54) is 18.2 Å². The van der Waals surface area contributed by atoms with Crippen LogP contribution in [0.25, 0.3) is 0 Å². The zero-order valence-electron chi connectivity index (χ0n) is 26.8. The van der Waals surface area contributed by atoms with Crippen LogP contribution < -0.4 is 25.6 Å². The van der Waals surface area contributed by atoms with Crippen LogP contribution in [0.4, 0.5) is 17.1 Å². The molecule has 5 nitrogen and oxygen atoms in total. The maximum Gasteiger partial charge on any atom is 0.208 e. The van der Waals surface area contributed by atoms with Gasteiger partial charge in [-0.15, -0.1) is 0 Å². The lowest BCUT2D eigenvalue weighted by Gasteiger charge is -2.45. The Morgan fingerprint density at radius 1 is 0.360 bits per heavy atom. The Morgan fingerprint density at radius 2 is 0.700 bits per heavy atom. The standard InChI is InChI=1S/C42H31NO4S2Si/c44-48(45,32-18-5-1-6-19-32)38-28-17-29-39(49(46,47)33-20-7-2-8-21-33)42(38)43-36-26-13-15-30-40(36)50(34-22-9-3-10-23-34,35-24-11-4-12-25-35)41-31-16-14-27-37(41)43/h1-31H. The highest BCUT2D eigenvalue weighted by molar-refractivity contribution is 7.92. The van der Waals surface area contributed by atoms with E-state index in [9.17, 15) is 16.8 Å². The highest BCUT2D eigenvalue weighted by Gasteiger charge is 2.49. The third-order valence-electron chi connectivity index (χ3n) is 9.38. The van der Waals surface area contributed by atoms with Crippen LogP contribution in [-0.2, 0) is 19.7 Å². The van der Waals surface area contributed by atoms with Crippen molar-refractivity contribution in [2.24, 2.45) is 0 Å². The average Bonchev–Trinajstić information content (AvgIpc) is 3.18. The molecule has 0 saturated heterocycles. The summed E-state index contributed by atoms with van der Waals surface area (Å²) >= 11 is 0. The molecule has 0 radical (unpaired) electrons. The summed E-state index contributed by atoms with van der Waals surface area (Å²) in [5.41, 5.74) is 1.54. The molecule has 1 heterocycles. The Bertz CT molecular complexity index is 2390. The maximum atomic E-state index is 14.7. The molecule has 8 heteroatoms. The maximum absolute atomic E-state index is 14.7. The van der Waals surface area contributed by atoms with Gasteiger partial charge in [-0.05, 0) is 69.3 Å². The van der Waals surface area contributed by atoms with Crippen LogP contribution in [0.2, 0.25) is 0 Å². The van der Waals surface area contributed by atoms with Crippen molar-refractivity contribution >= 4 is 65.6 Å². The summed E-state index contributed by atoms with van der Waals surface area (Å²) in [7, 11) is -11.5. The number of hydrogen-bond donors (Lipinski definition) is 0. The summed E-state index contributed by atoms with van der Waals surface area (Å²) < 4.78 is 58.8. The van der Waals surface area contributed by atoms with Gasteiger partial charge in [-0.3, -0.25) is 0 Å². The van der Waals surface area contributed by atoms with Gasteiger partial charge in [0.25, 0.3) is 0 Å². The lowest BCUT2D eigenvalue weighted by molar-refractivity contribution is 0.594. The second kappa shape index (κ2) is 12.4. The SMILES string of the molecule is O=S(=O)(c1ccccc1)c1cccc(S(=O)(=O)c2ccccc2)c1N1c2ccccc2[Si](c2ccccc2)(c2ccccc2)c2ccccc21. The fourth-order valence-electron chi connectivity index (χ4n) is 7.26. The van der Waals surface area contributed by atoms with E-state index in [1.54, 1.807) is 60.7 Å². The zero-order chi connectivity index (χ0) is 34.3. The fraction of sp³-hybridized carbons (Fsp3) is 0. The second-order valence-corrected chi connectivity index (χ2v) is 19.7. The molecule has 244 valence electrons. The number of sulfone groups is 2. The van der Waals surface area contributed by atoms with Gasteiger partial charge in [-0.25, -0.2) is 16.8 Å². The highest BCUT2D eigenvalue weighted by atomic mass is 32.2. The topological polar surface area (TPSA) is 71.5 Å². The Morgan fingerprint density at radius 3 is 1.10 bits per heavy atom. The summed E-state index contributed by atoms with van der Waals surface area (Å²) in [6, 6.07) is 57.8. The molecule has 0 atom stereocenters. The van der Waals surface area contributed by atoms with E-state index in [4.69, 9.17) is 0 Å². The van der Waals surface area contributed by atoms with E-state index < -0.39 is 27.7 Å². The molecule has 1 aliphatic rings. The number of fused-ring (bicyclic) bond motifs is 2. The second-order valence-electron chi connectivity index (χ2n) is 12.1. The van der Waals surface area contributed by atoms with Crippen LogP contribution in [0.1, 0.15) is 0 Å². The summed E-state index contributed by atoms with van der Waals surface area (Å²) in [5, 5.41) is 4.36. The van der Waals surface area contributed by atoms with E-state index in [2.05, 4.69) is 60.7 Å². The van der Waals surface area contributed by atoms with Gasteiger partial charge in [0, 0.05) is 11.4 Å². The van der Waals surface area contributed by atoms with Crippen molar-refractivity contribution in [3.8, 4) is 0 Å². The van der Waals surface area contributed by atoms with Gasteiger partial charge in [-0.1, -0.05) is 140 Å². The van der Waals surface area contributed by atoms with Gasteiger partial charge >= 0.3 is 0 Å². The first-order valence-corrected chi connectivity index (χ1v) is 21.2. The number of anilines is 3. The summed E-state index contributed by atoms with van der Waals surface area (Å²) in [6.45, 7) is 0. The molecule has 0 spiro atoms. The van der Waals surface area contributed by atoms with Crippen molar-refractivity contribution in [3.63, 3.8) is 0 Å². The summed E-state index contributed by atoms with van der Waals surface area (Å²) in [4.78, 5) is 1.82. The highest BCUT2D eigenvalue weighted by Crippen LogP contribution is 2.46. The van der Waals surface area contributed by atoms with Crippen molar-refractivity contribution in [1.82, 2.24) is 0 Å². The third kappa shape index (κ3) is 4.87. The van der Waals surface area contributed by atoms with Crippen molar-refractivity contribution in [3.05, 3.63) is 188 Å². The number of hydrogen-bond acceptors (Lipinski definition) is 5. The van der Waals surface area contributed by atoms with Crippen LogP contribution in [0.5, 0.6) is 0 Å². The monoisotopic (exact) mass is 705 g/mol. The Labute approximate surface area is 293 Å². The predicted octanol–water partition coefficient (Wildman–Crippen LogP) is 6.51. The molecule has 0 bridgehead atoms. The normalized spacial score (nSPS) is 13.6. The van der Waals surface area contributed by atoms with Gasteiger partial charge in [-0.2, -0.15) is 0 Å². The molecule has 8 rings (SSSR count). The number of rotatable bonds is 7. The number of nitrogens with zero attached hydrogens (tertiary/aromatic N) is 1. The molecule has 0 unspecified atom stereocenters. The largest absolute Gasteiger partial charge is 0.308 e. The Hall–Kier alpha value is -5.54. The lowest BCUT2D eigenvalue weighted by atomic mass is 10.1. The fourth-order valence-corrected chi connectivity index (χ4v) is 15.4. The van der Waals surface area contributed by atoms with Crippen LogP contribution in [0.3, 0.4) is 0 Å². The lowest BCUT2D eigenvalue weighted by Crippen LogP contribution is -2.77. The van der Waals surface area contributed by atoms with Crippen LogP contribution in [-0.4, -0.2) is 24.9 Å². The zero-order valence-corrected chi connectivity index (χ0v) is 29.4. The minimum absolute atomic E-state index is 0.0754. The van der Waals surface area contributed by atoms with Crippen LogP contribution >= 0.6 is 0 Å². The molecular formula is C42H31NO4S2Si. The first-order chi connectivity index (χ1) is 24.4. The summed E-state index contributed by atoms with van der Waals surface area (Å²) in [6.07, 6.45) is 0.